The van der Waals surface area contributed by atoms with Crippen LogP contribution < -0.4 is 0 Å². The normalized spacial score (nSPS) is 11.1. The van der Waals surface area contributed by atoms with Gasteiger partial charge in [0.1, 0.15) is 9.73 Å². The predicted octanol–water partition coefficient (Wildman–Crippen LogP) is 3.20. The van der Waals surface area contributed by atoms with Crippen LogP contribution in [0.4, 0.5) is 0 Å². The Morgan fingerprint density at radius 3 is 1.50 bits per heavy atom. The molecule has 0 radical (unpaired) electrons. The van der Waals surface area contributed by atoms with Crippen LogP contribution in [0, 0.1) is 0 Å². The van der Waals surface area contributed by atoms with Crippen LogP contribution in [0.2, 0.25) is 0 Å². The minimum Gasteiger partial charge on any atom is -0.240 e. The monoisotopic (exact) mass is 231 g/mol. The van der Waals surface area contributed by atoms with Crippen molar-refractivity contribution in [3.63, 3.8) is 0 Å². The van der Waals surface area contributed by atoms with Gasteiger partial charge >= 0.3 is 0 Å². The summed E-state index contributed by atoms with van der Waals surface area (Å²) in [5.41, 5.74) is 0. The molecule has 2 aromatic rings. The van der Waals surface area contributed by atoms with E-state index < -0.39 is 9.73 Å². The van der Waals surface area contributed by atoms with Gasteiger partial charge in [0.05, 0.1) is 9.79 Å². The Bertz CT molecular complexity index is 524. The van der Waals surface area contributed by atoms with Crippen LogP contribution >= 0.6 is 0 Å². The van der Waals surface area contributed by atoms with E-state index in [1.165, 1.54) is 0 Å². The molecule has 0 saturated heterocycles. The van der Waals surface area contributed by atoms with Crippen LogP contribution in [0.1, 0.15) is 0 Å². The summed E-state index contributed by atoms with van der Waals surface area (Å²) < 4.78 is 16.9. The topological polar surface area (TPSA) is 29.4 Å². The summed E-state index contributed by atoms with van der Waals surface area (Å²) in [5, 5.41) is 0. The molecule has 0 saturated carbocycles. The van der Waals surface area contributed by atoms with Gasteiger partial charge in [-0.25, -0.2) is 8.57 Å². The summed E-state index contributed by atoms with van der Waals surface area (Å²) >= 11 is 0. The van der Waals surface area contributed by atoms with E-state index in [9.17, 15) is 4.21 Å². The third-order valence-corrected chi connectivity index (χ3v) is 4.72. The molecule has 0 fully saturated rings. The van der Waals surface area contributed by atoms with Gasteiger partial charge in [0, 0.05) is 7.05 Å². The lowest BCUT2D eigenvalue weighted by atomic mass is 10.4. The highest BCUT2D eigenvalue weighted by molar-refractivity contribution is 7.93. The molecular formula is C13H13NOS. The van der Waals surface area contributed by atoms with Crippen molar-refractivity contribution in [3.8, 4) is 0 Å². The smallest absolute Gasteiger partial charge is 0.104 e. The molecule has 0 aliphatic carbocycles. The van der Waals surface area contributed by atoms with Gasteiger partial charge in [-0.1, -0.05) is 36.4 Å². The Morgan fingerprint density at radius 2 is 1.19 bits per heavy atom. The third-order valence-electron chi connectivity index (χ3n) is 2.38. The van der Waals surface area contributed by atoms with E-state index in [0.29, 0.717) is 0 Å². The molecule has 2 aromatic carbocycles. The molecule has 0 heterocycles. The molecule has 82 valence electrons. The molecule has 3 heteroatoms. The summed E-state index contributed by atoms with van der Waals surface area (Å²) in [6.45, 7) is 0. The fourth-order valence-corrected chi connectivity index (χ4v) is 3.30. The Morgan fingerprint density at radius 1 is 0.812 bits per heavy atom. The molecule has 0 aromatic heterocycles. The van der Waals surface area contributed by atoms with Gasteiger partial charge in [-0.2, -0.15) is 0 Å². The van der Waals surface area contributed by atoms with E-state index in [2.05, 4.69) is 4.36 Å². The second-order valence-electron chi connectivity index (χ2n) is 3.33. The number of hydrogen-bond acceptors (Lipinski definition) is 2. The highest BCUT2D eigenvalue weighted by Crippen LogP contribution is 2.22. The zero-order chi connectivity index (χ0) is 11.4. The molecule has 2 rings (SSSR count). The number of hydrogen-bond donors (Lipinski definition) is 0. The van der Waals surface area contributed by atoms with Gasteiger partial charge in [0.2, 0.25) is 0 Å². The van der Waals surface area contributed by atoms with Gasteiger partial charge in [0.25, 0.3) is 0 Å². The molecule has 16 heavy (non-hydrogen) atoms. The molecule has 0 bridgehead atoms. The lowest BCUT2D eigenvalue weighted by Gasteiger charge is -2.09. The Kier molecular flexibility index (Phi) is 3.06. The summed E-state index contributed by atoms with van der Waals surface area (Å²) in [5.74, 6) is 0. The molecule has 0 N–H and O–H groups in total. The summed E-state index contributed by atoms with van der Waals surface area (Å²) in [7, 11) is -0.860. The van der Waals surface area contributed by atoms with Crippen LogP contribution in [-0.4, -0.2) is 11.3 Å². The second kappa shape index (κ2) is 4.49. The first kappa shape index (κ1) is 10.9. The van der Waals surface area contributed by atoms with Crippen molar-refractivity contribution in [2.24, 2.45) is 4.36 Å². The van der Waals surface area contributed by atoms with E-state index in [1.54, 1.807) is 7.05 Å². The van der Waals surface area contributed by atoms with Crippen LogP contribution in [0.5, 0.6) is 0 Å². The summed E-state index contributed by atoms with van der Waals surface area (Å²) in [6, 6.07) is 18.7. The molecular weight excluding hydrogens is 218 g/mol. The Hall–Kier alpha value is -1.61. The molecule has 0 aliphatic rings. The van der Waals surface area contributed by atoms with E-state index >= 15 is 0 Å². The summed E-state index contributed by atoms with van der Waals surface area (Å²) in [6.07, 6.45) is 0. The Labute approximate surface area is 96.1 Å². The summed E-state index contributed by atoms with van der Waals surface area (Å²) in [4.78, 5) is 1.51. The minimum absolute atomic E-state index is 0.753. The molecule has 0 spiro atoms. The molecule has 0 aliphatic heterocycles. The van der Waals surface area contributed by atoms with Crippen LogP contribution in [0.25, 0.3) is 0 Å². The SMILES string of the molecule is CN=S(=O)(c1ccccc1)c1ccccc1. The third kappa shape index (κ3) is 1.86. The van der Waals surface area contributed by atoms with Crippen molar-refractivity contribution in [1.82, 2.24) is 0 Å². The maximum absolute atomic E-state index is 12.8. The first-order chi connectivity index (χ1) is 7.77. The van der Waals surface area contributed by atoms with Crippen molar-refractivity contribution in [1.29, 1.82) is 0 Å². The van der Waals surface area contributed by atoms with Gasteiger partial charge in [-0.3, -0.25) is 0 Å². The second-order valence-corrected chi connectivity index (χ2v) is 5.69. The van der Waals surface area contributed by atoms with E-state index in [1.807, 2.05) is 60.7 Å². The van der Waals surface area contributed by atoms with Gasteiger partial charge < -0.3 is 0 Å². The van der Waals surface area contributed by atoms with Crippen LogP contribution in [-0.2, 0) is 9.73 Å². The zero-order valence-corrected chi connectivity index (χ0v) is 9.85. The van der Waals surface area contributed by atoms with Gasteiger partial charge in [0.15, 0.2) is 0 Å². The first-order valence-electron chi connectivity index (χ1n) is 5.03. The average Bonchev–Trinajstić information content (AvgIpc) is 2.40. The highest BCUT2D eigenvalue weighted by Gasteiger charge is 2.13. The quantitative estimate of drug-likeness (QED) is 0.780. The van der Waals surface area contributed by atoms with Crippen LogP contribution in [0.15, 0.2) is 74.8 Å². The van der Waals surface area contributed by atoms with Gasteiger partial charge in [-0.05, 0) is 24.3 Å². The van der Waals surface area contributed by atoms with Crippen molar-refractivity contribution in [3.05, 3.63) is 60.7 Å². The highest BCUT2D eigenvalue weighted by atomic mass is 32.2. The maximum Gasteiger partial charge on any atom is 0.104 e. The first-order valence-corrected chi connectivity index (χ1v) is 6.54. The largest absolute Gasteiger partial charge is 0.240 e. The average molecular weight is 231 g/mol. The zero-order valence-electron chi connectivity index (χ0n) is 9.04. The van der Waals surface area contributed by atoms with Crippen molar-refractivity contribution in [2.75, 3.05) is 7.05 Å². The molecule has 0 amide bonds. The number of benzene rings is 2. The van der Waals surface area contributed by atoms with Crippen molar-refractivity contribution in [2.45, 2.75) is 9.79 Å². The van der Waals surface area contributed by atoms with Gasteiger partial charge in [-0.15, -0.1) is 0 Å². The molecule has 0 unspecified atom stereocenters. The lowest BCUT2D eigenvalue weighted by molar-refractivity contribution is 0.676. The lowest BCUT2D eigenvalue weighted by Crippen LogP contribution is -2.01. The number of nitrogens with zero attached hydrogens (tertiary/aromatic N) is 1. The minimum atomic E-state index is -2.46. The maximum atomic E-state index is 12.8. The van der Waals surface area contributed by atoms with Crippen molar-refractivity contribution < 1.29 is 4.21 Å². The fraction of sp³-hybridized carbons (Fsp3) is 0.0769. The Balaban J connectivity index is 2.64. The fourth-order valence-electron chi connectivity index (χ4n) is 1.56. The van der Waals surface area contributed by atoms with Crippen LogP contribution in [0.3, 0.4) is 0 Å². The van der Waals surface area contributed by atoms with E-state index in [-0.39, 0.29) is 0 Å². The predicted molar refractivity (Wildman–Crippen MR) is 65.9 cm³/mol. The number of rotatable bonds is 2. The molecule has 2 nitrogen and oxygen atoms in total. The standard InChI is InChI=1S/C13H13NOS/c1-14-16(15,12-8-4-2-5-9-12)13-10-6-3-7-11-13/h2-11H,1H3. The molecule has 0 atom stereocenters. The van der Waals surface area contributed by atoms with E-state index in [4.69, 9.17) is 0 Å². The van der Waals surface area contributed by atoms with Crippen molar-refractivity contribution >= 4 is 9.73 Å². The van der Waals surface area contributed by atoms with E-state index in [0.717, 1.165) is 9.79 Å².